The molecule has 0 amide bonds. The highest BCUT2D eigenvalue weighted by atomic mass is 32.1. The molecule has 0 fully saturated rings. The molecule has 2 heterocycles. The molecule has 94 valence electrons. The Morgan fingerprint density at radius 3 is 2.74 bits per heavy atom. The van der Waals surface area contributed by atoms with E-state index in [1.165, 1.54) is 5.56 Å². The van der Waals surface area contributed by atoms with Crippen LogP contribution in [0.25, 0.3) is 10.6 Å². The molecule has 0 aliphatic carbocycles. The lowest BCUT2D eigenvalue weighted by Gasteiger charge is -2.07. The van der Waals surface area contributed by atoms with Crippen LogP contribution in [0.5, 0.6) is 0 Å². The number of rotatable bonds is 4. The van der Waals surface area contributed by atoms with Crippen molar-refractivity contribution < 1.29 is 0 Å². The number of hydrogen-bond donors (Lipinski definition) is 1. The van der Waals surface area contributed by atoms with Crippen LogP contribution in [-0.2, 0) is 6.54 Å². The second-order valence-corrected chi connectivity index (χ2v) is 5.02. The van der Waals surface area contributed by atoms with E-state index in [0.29, 0.717) is 0 Å². The van der Waals surface area contributed by atoms with Crippen molar-refractivity contribution >= 4 is 17.0 Å². The van der Waals surface area contributed by atoms with Crippen molar-refractivity contribution in [2.75, 3.05) is 5.32 Å². The van der Waals surface area contributed by atoms with Gasteiger partial charge < -0.3 is 5.32 Å². The van der Waals surface area contributed by atoms with Crippen LogP contribution in [0, 0.1) is 0 Å². The largest absolute Gasteiger partial charge is 0.381 e. The van der Waals surface area contributed by atoms with Gasteiger partial charge in [-0.3, -0.25) is 4.98 Å². The number of thiazole rings is 1. The maximum Gasteiger partial charge on any atom is 0.123 e. The van der Waals surface area contributed by atoms with E-state index in [-0.39, 0.29) is 0 Å². The second-order valence-electron chi connectivity index (χ2n) is 4.13. The van der Waals surface area contributed by atoms with Crippen molar-refractivity contribution in [3.05, 3.63) is 65.9 Å². The third-order valence-corrected chi connectivity index (χ3v) is 3.61. The minimum atomic E-state index is 0.795. The molecule has 1 N–H and O–H groups in total. The SMILES string of the molecule is c1cc(NCc2ccncc2)cc(-c2nccs2)c1. The van der Waals surface area contributed by atoms with Gasteiger partial charge in [0.25, 0.3) is 0 Å². The Hall–Kier alpha value is -2.20. The van der Waals surface area contributed by atoms with Gasteiger partial charge in [0.05, 0.1) is 0 Å². The summed E-state index contributed by atoms with van der Waals surface area (Å²) >= 11 is 1.65. The van der Waals surface area contributed by atoms with Crippen LogP contribution in [0.1, 0.15) is 5.56 Å². The van der Waals surface area contributed by atoms with Crippen molar-refractivity contribution in [1.29, 1.82) is 0 Å². The molecule has 3 rings (SSSR count). The molecule has 0 spiro atoms. The highest BCUT2D eigenvalue weighted by molar-refractivity contribution is 7.13. The van der Waals surface area contributed by atoms with Gasteiger partial charge in [0, 0.05) is 41.8 Å². The number of benzene rings is 1. The fourth-order valence-corrected chi connectivity index (χ4v) is 2.47. The van der Waals surface area contributed by atoms with Crippen LogP contribution in [0.2, 0.25) is 0 Å². The summed E-state index contributed by atoms with van der Waals surface area (Å²) < 4.78 is 0. The number of nitrogens with zero attached hydrogens (tertiary/aromatic N) is 2. The van der Waals surface area contributed by atoms with E-state index >= 15 is 0 Å². The molecule has 0 atom stereocenters. The summed E-state index contributed by atoms with van der Waals surface area (Å²) in [6.45, 7) is 0.795. The summed E-state index contributed by atoms with van der Waals surface area (Å²) in [5.41, 5.74) is 3.47. The molecular weight excluding hydrogens is 254 g/mol. The predicted molar refractivity (Wildman–Crippen MR) is 79.1 cm³/mol. The van der Waals surface area contributed by atoms with E-state index in [0.717, 1.165) is 22.8 Å². The highest BCUT2D eigenvalue weighted by Crippen LogP contribution is 2.24. The molecular formula is C15H13N3S. The standard InChI is InChI=1S/C15H13N3S/c1-2-13(15-17-8-9-19-15)10-14(3-1)18-11-12-4-6-16-7-5-12/h1-10,18H,11H2. The Morgan fingerprint density at radius 1 is 1.05 bits per heavy atom. The van der Waals surface area contributed by atoms with Gasteiger partial charge in [0.15, 0.2) is 0 Å². The molecule has 0 aliphatic heterocycles. The van der Waals surface area contributed by atoms with Crippen LogP contribution in [0.3, 0.4) is 0 Å². The van der Waals surface area contributed by atoms with E-state index < -0.39 is 0 Å². The average molecular weight is 267 g/mol. The molecule has 3 aromatic rings. The average Bonchev–Trinajstić information content (AvgIpc) is 3.01. The third-order valence-electron chi connectivity index (χ3n) is 2.79. The maximum atomic E-state index is 4.33. The number of hydrogen-bond acceptors (Lipinski definition) is 4. The molecule has 0 saturated carbocycles. The van der Waals surface area contributed by atoms with Gasteiger partial charge in [-0.15, -0.1) is 11.3 Å². The minimum Gasteiger partial charge on any atom is -0.381 e. The van der Waals surface area contributed by atoms with E-state index in [4.69, 9.17) is 0 Å². The fraction of sp³-hybridized carbons (Fsp3) is 0.0667. The topological polar surface area (TPSA) is 37.8 Å². The highest BCUT2D eigenvalue weighted by Gasteiger charge is 2.01. The zero-order chi connectivity index (χ0) is 12.9. The van der Waals surface area contributed by atoms with Crippen LogP contribution in [-0.4, -0.2) is 9.97 Å². The van der Waals surface area contributed by atoms with Crippen molar-refractivity contribution in [1.82, 2.24) is 9.97 Å². The second kappa shape index (κ2) is 5.63. The first-order chi connectivity index (χ1) is 9.42. The van der Waals surface area contributed by atoms with Crippen molar-refractivity contribution in [2.24, 2.45) is 0 Å². The smallest absolute Gasteiger partial charge is 0.123 e. The molecule has 3 nitrogen and oxygen atoms in total. The fourth-order valence-electron chi connectivity index (χ4n) is 1.83. The Balaban J connectivity index is 1.74. The Kier molecular flexibility index (Phi) is 3.51. The van der Waals surface area contributed by atoms with Crippen molar-refractivity contribution in [3.8, 4) is 10.6 Å². The van der Waals surface area contributed by atoms with Gasteiger partial charge in [-0.2, -0.15) is 0 Å². The van der Waals surface area contributed by atoms with E-state index in [9.17, 15) is 0 Å². The lowest BCUT2D eigenvalue weighted by Crippen LogP contribution is -1.99. The van der Waals surface area contributed by atoms with Gasteiger partial charge in [0.2, 0.25) is 0 Å². The van der Waals surface area contributed by atoms with Crippen molar-refractivity contribution in [3.63, 3.8) is 0 Å². The first-order valence-electron chi connectivity index (χ1n) is 6.04. The van der Waals surface area contributed by atoms with E-state index in [2.05, 4.69) is 33.5 Å². The Labute approximate surface area is 116 Å². The quantitative estimate of drug-likeness (QED) is 0.781. The van der Waals surface area contributed by atoms with Gasteiger partial charge in [0.1, 0.15) is 5.01 Å². The number of nitrogens with one attached hydrogen (secondary N) is 1. The molecule has 4 heteroatoms. The number of anilines is 1. The first-order valence-corrected chi connectivity index (χ1v) is 6.92. The third kappa shape index (κ3) is 2.98. The molecule has 0 radical (unpaired) electrons. The molecule has 0 saturated heterocycles. The predicted octanol–water partition coefficient (Wildman–Crippen LogP) is 3.82. The normalized spacial score (nSPS) is 10.3. The van der Waals surface area contributed by atoms with Gasteiger partial charge in [-0.05, 0) is 29.8 Å². The molecule has 1 aromatic carbocycles. The summed E-state index contributed by atoms with van der Waals surface area (Å²) in [7, 11) is 0. The van der Waals surface area contributed by atoms with Crippen LogP contribution >= 0.6 is 11.3 Å². The maximum absolute atomic E-state index is 4.33. The molecule has 0 unspecified atom stereocenters. The summed E-state index contributed by atoms with van der Waals surface area (Å²) in [4.78, 5) is 8.34. The van der Waals surface area contributed by atoms with Crippen LogP contribution in [0.4, 0.5) is 5.69 Å². The monoisotopic (exact) mass is 267 g/mol. The molecule has 0 bridgehead atoms. The molecule has 0 aliphatic rings. The van der Waals surface area contributed by atoms with E-state index in [1.807, 2.05) is 42.2 Å². The Bertz CT molecular complexity index is 636. The van der Waals surface area contributed by atoms with Gasteiger partial charge in [-0.1, -0.05) is 12.1 Å². The summed E-state index contributed by atoms with van der Waals surface area (Å²) in [5, 5.41) is 6.45. The summed E-state index contributed by atoms with van der Waals surface area (Å²) in [6, 6.07) is 12.3. The first kappa shape index (κ1) is 11.9. The summed E-state index contributed by atoms with van der Waals surface area (Å²) in [5.74, 6) is 0. The minimum absolute atomic E-state index is 0.795. The zero-order valence-electron chi connectivity index (χ0n) is 10.3. The molecule has 2 aromatic heterocycles. The van der Waals surface area contributed by atoms with E-state index in [1.54, 1.807) is 11.3 Å². The van der Waals surface area contributed by atoms with Crippen molar-refractivity contribution in [2.45, 2.75) is 6.54 Å². The van der Waals surface area contributed by atoms with Crippen LogP contribution in [0.15, 0.2) is 60.4 Å². The lowest BCUT2D eigenvalue weighted by atomic mass is 10.2. The lowest BCUT2D eigenvalue weighted by molar-refractivity contribution is 1.13. The van der Waals surface area contributed by atoms with Gasteiger partial charge >= 0.3 is 0 Å². The number of aromatic nitrogens is 2. The molecule has 19 heavy (non-hydrogen) atoms. The Morgan fingerprint density at radius 2 is 1.95 bits per heavy atom. The zero-order valence-corrected chi connectivity index (χ0v) is 11.1. The van der Waals surface area contributed by atoms with Gasteiger partial charge in [-0.25, -0.2) is 4.98 Å². The summed E-state index contributed by atoms with van der Waals surface area (Å²) in [6.07, 6.45) is 5.45. The van der Waals surface area contributed by atoms with Crippen LogP contribution < -0.4 is 5.32 Å². The number of pyridine rings is 1.